The molecule has 0 unspecified atom stereocenters. The molecule has 0 bridgehead atoms. The van der Waals surface area contributed by atoms with E-state index in [2.05, 4.69) is 44.7 Å². The summed E-state index contributed by atoms with van der Waals surface area (Å²) in [5.41, 5.74) is 7.49. The van der Waals surface area contributed by atoms with E-state index in [-0.39, 0.29) is 11.2 Å². The van der Waals surface area contributed by atoms with Crippen LogP contribution in [0.5, 0.6) is 0 Å². The van der Waals surface area contributed by atoms with Crippen LogP contribution in [0, 0.1) is 0 Å². The summed E-state index contributed by atoms with van der Waals surface area (Å²) in [5.74, 6) is 0. The highest BCUT2D eigenvalue weighted by Gasteiger charge is 2.38. The summed E-state index contributed by atoms with van der Waals surface area (Å²) < 4.78 is 6.07. The SMILES string of the molecule is CC1(C)CN(c2ccc(N)cc2)CC(C)(C)O1. The van der Waals surface area contributed by atoms with Crippen LogP contribution < -0.4 is 10.6 Å². The Morgan fingerprint density at radius 2 is 1.47 bits per heavy atom. The Morgan fingerprint density at radius 1 is 1.00 bits per heavy atom. The van der Waals surface area contributed by atoms with E-state index in [0.29, 0.717) is 0 Å². The predicted octanol–water partition coefficient (Wildman–Crippen LogP) is 2.66. The van der Waals surface area contributed by atoms with Crippen LogP contribution >= 0.6 is 0 Å². The van der Waals surface area contributed by atoms with E-state index < -0.39 is 0 Å². The summed E-state index contributed by atoms with van der Waals surface area (Å²) in [4.78, 5) is 2.36. The first kappa shape index (κ1) is 12.2. The van der Waals surface area contributed by atoms with Crippen LogP contribution in [-0.4, -0.2) is 24.3 Å². The Labute approximate surface area is 104 Å². The van der Waals surface area contributed by atoms with Crippen molar-refractivity contribution in [3.8, 4) is 0 Å². The van der Waals surface area contributed by atoms with Crippen molar-refractivity contribution < 1.29 is 4.74 Å². The first-order valence-electron chi connectivity index (χ1n) is 6.08. The van der Waals surface area contributed by atoms with E-state index in [1.54, 1.807) is 0 Å². The minimum Gasteiger partial charge on any atom is -0.399 e. The standard InChI is InChI=1S/C14H22N2O/c1-13(2)9-16(10-14(3,4)17-13)12-7-5-11(15)6-8-12/h5-8H,9-10,15H2,1-4H3. The van der Waals surface area contributed by atoms with Gasteiger partial charge in [-0.15, -0.1) is 0 Å². The highest BCUT2D eigenvalue weighted by molar-refractivity contribution is 5.53. The van der Waals surface area contributed by atoms with Crippen molar-refractivity contribution >= 4 is 11.4 Å². The van der Waals surface area contributed by atoms with Crippen LogP contribution in [0.15, 0.2) is 24.3 Å². The predicted molar refractivity (Wildman–Crippen MR) is 72.3 cm³/mol. The zero-order chi connectivity index (χ0) is 12.7. The molecule has 2 rings (SSSR count). The molecule has 1 aliphatic rings. The van der Waals surface area contributed by atoms with Gasteiger partial charge in [0.15, 0.2) is 0 Å². The number of nitrogen functional groups attached to an aromatic ring is 1. The third-order valence-electron chi connectivity index (χ3n) is 2.95. The molecular formula is C14H22N2O. The maximum absolute atomic E-state index is 6.07. The van der Waals surface area contributed by atoms with Gasteiger partial charge in [-0.3, -0.25) is 0 Å². The first-order valence-corrected chi connectivity index (χ1v) is 6.08. The molecule has 1 saturated heterocycles. The van der Waals surface area contributed by atoms with Crippen molar-refractivity contribution in [2.45, 2.75) is 38.9 Å². The number of anilines is 2. The van der Waals surface area contributed by atoms with E-state index >= 15 is 0 Å². The molecule has 94 valence electrons. The molecule has 1 heterocycles. The highest BCUT2D eigenvalue weighted by atomic mass is 16.5. The Bertz CT molecular complexity index is 379. The summed E-state index contributed by atoms with van der Waals surface area (Å²) in [6, 6.07) is 8.05. The fraction of sp³-hybridized carbons (Fsp3) is 0.571. The van der Waals surface area contributed by atoms with E-state index in [9.17, 15) is 0 Å². The maximum atomic E-state index is 6.07. The first-order chi connectivity index (χ1) is 7.77. The second kappa shape index (κ2) is 3.91. The molecule has 0 spiro atoms. The van der Waals surface area contributed by atoms with Crippen molar-refractivity contribution in [2.24, 2.45) is 0 Å². The third kappa shape index (κ3) is 2.91. The number of benzene rings is 1. The van der Waals surface area contributed by atoms with Gasteiger partial charge in [0.1, 0.15) is 0 Å². The van der Waals surface area contributed by atoms with Crippen LogP contribution in [0.3, 0.4) is 0 Å². The number of morpholine rings is 1. The fourth-order valence-electron chi connectivity index (χ4n) is 2.66. The van der Waals surface area contributed by atoms with Crippen molar-refractivity contribution in [3.05, 3.63) is 24.3 Å². The van der Waals surface area contributed by atoms with Crippen molar-refractivity contribution in [1.82, 2.24) is 0 Å². The zero-order valence-electron chi connectivity index (χ0n) is 11.2. The third-order valence-corrected chi connectivity index (χ3v) is 2.95. The number of nitrogens with zero attached hydrogens (tertiary/aromatic N) is 1. The summed E-state index contributed by atoms with van der Waals surface area (Å²) in [6.45, 7) is 10.4. The van der Waals surface area contributed by atoms with Crippen LogP contribution in [-0.2, 0) is 4.74 Å². The molecule has 0 saturated carbocycles. The zero-order valence-corrected chi connectivity index (χ0v) is 11.2. The van der Waals surface area contributed by atoms with Crippen LogP contribution in [0.2, 0.25) is 0 Å². The highest BCUT2D eigenvalue weighted by Crippen LogP contribution is 2.31. The lowest BCUT2D eigenvalue weighted by atomic mass is 9.98. The minimum absolute atomic E-state index is 0.122. The second-order valence-electron chi connectivity index (χ2n) is 6.07. The molecule has 1 aromatic rings. The average Bonchev–Trinajstić information content (AvgIpc) is 2.13. The molecular weight excluding hydrogens is 212 g/mol. The monoisotopic (exact) mass is 234 g/mol. The largest absolute Gasteiger partial charge is 0.399 e. The lowest BCUT2D eigenvalue weighted by Gasteiger charge is -2.48. The van der Waals surface area contributed by atoms with Gasteiger partial charge in [-0.2, -0.15) is 0 Å². The van der Waals surface area contributed by atoms with Crippen molar-refractivity contribution in [1.29, 1.82) is 0 Å². The van der Waals surface area contributed by atoms with Crippen LogP contribution in [0.1, 0.15) is 27.7 Å². The molecule has 1 aromatic carbocycles. The van der Waals surface area contributed by atoms with Crippen molar-refractivity contribution in [3.63, 3.8) is 0 Å². The number of hydrogen-bond acceptors (Lipinski definition) is 3. The lowest BCUT2D eigenvalue weighted by molar-refractivity contribution is -0.133. The average molecular weight is 234 g/mol. The van der Waals surface area contributed by atoms with E-state index in [0.717, 1.165) is 18.8 Å². The van der Waals surface area contributed by atoms with Gasteiger partial charge in [0, 0.05) is 24.5 Å². The van der Waals surface area contributed by atoms with Gasteiger partial charge in [-0.05, 0) is 52.0 Å². The Hall–Kier alpha value is -1.22. The molecule has 1 fully saturated rings. The van der Waals surface area contributed by atoms with Crippen LogP contribution in [0.25, 0.3) is 0 Å². The fourth-order valence-corrected chi connectivity index (χ4v) is 2.66. The molecule has 3 nitrogen and oxygen atoms in total. The Morgan fingerprint density at radius 3 is 1.94 bits per heavy atom. The molecule has 0 aliphatic carbocycles. The number of ether oxygens (including phenoxy) is 1. The van der Waals surface area contributed by atoms with Gasteiger partial charge < -0.3 is 15.4 Å². The van der Waals surface area contributed by atoms with Gasteiger partial charge in [-0.25, -0.2) is 0 Å². The molecule has 0 aromatic heterocycles. The lowest BCUT2D eigenvalue weighted by Crippen LogP contribution is -2.57. The van der Waals surface area contributed by atoms with Crippen molar-refractivity contribution in [2.75, 3.05) is 23.7 Å². The van der Waals surface area contributed by atoms with E-state index in [4.69, 9.17) is 10.5 Å². The quantitative estimate of drug-likeness (QED) is 0.759. The normalized spacial score (nSPS) is 22.5. The summed E-state index contributed by atoms with van der Waals surface area (Å²) in [6.07, 6.45) is 0. The van der Waals surface area contributed by atoms with Gasteiger partial charge in [0.05, 0.1) is 11.2 Å². The van der Waals surface area contributed by atoms with E-state index in [1.807, 2.05) is 12.1 Å². The van der Waals surface area contributed by atoms with Gasteiger partial charge in [-0.1, -0.05) is 0 Å². The smallest absolute Gasteiger partial charge is 0.0808 e. The minimum atomic E-state index is -0.122. The van der Waals surface area contributed by atoms with E-state index in [1.165, 1.54) is 5.69 Å². The molecule has 0 atom stereocenters. The topological polar surface area (TPSA) is 38.5 Å². The molecule has 3 heteroatoms. The summed E-state index contributed by atoms with van der Waals surface area (Å²) in [5, 5.41) is 0. The van der Waals surface area contributed by atoms with Gasteiger partial charge >= 0.3 is 0 Å². The molecule has 1 aliphatic heterocycles. The maximum Gasteiger partial charge on any atom is 0.0808 e. The summed E-state index contributed by atoms with van der Waals surface area (Å²) in [7, 11) is 0. The van der Waals surface area contributed by atoms with Crippen LogP contribution in [0.4, 0.5) is 11.4 Å². The summed E-state index contributed by atoms with van der Waals surface area (Å²) >= 11 is 0. The second-order valence-corrected chi connectivity index (χ2v) is 6.07. The molecule has 0 radical (unpaired) electrons. The molecule has 0 amide bonds. The Balaban J connectivity index is 2.24. The van der Waals surface area contributed by atoms with Gasteiger partial charge in [0.2, 0.25) is 0 Å². The molecule has 2 N–H and O–H groups in total. The number of hydrogen-bond donors (Lipinski definition) is 1. The number of rotatable bonds is 1. The van der Waals surface area contributed by atoms with Gasteiger partial charge in [0.25, 0.3) is 0 Å². The Kier molecular flexibility index (Phi) is 2.82. The molecule has 17 heavy (non-hydrogen) atoms. The number of nitrogens with two attached hydrogens (primary N) is 1.